The summed E-state index contributed by atoms with van der Waals surface area (Å²) in [5.41, 5.74) is 0. The molecule has 3 nitrogen and oxygen atoms in total. The van der Waals surface area contributed by atoms with Gasteiger partial charge in [0.2, 0.25) is 5.91 Å². The SMILES string of the molecule is C=CCCOC1CC(=O)N1. The Balaban J connectivity index is 1.95. The van der Waals surface area contributed by atoms with Gasteiger partial charge in [0.25, 0.3) is 0 Å². The summed E-state index contributed by atoms with van der Waals surface area (Å²) in [6.07, 6.45) is 3.11. The molecule has 0 spiro atoms. The molecule has 1 fully saturated rings. The Morgan fingerprint density at radius 3 is 3.10 bits per heavy atom. The Hall–Kier alpha value is -0.830. The van der Waals surface area contributed by atoms with Crippen LogP contribution in [0.3, 0.4) is 0 Å². The zero-order valence-electron chi connectivity index (χ0n) is 5.80. The van der Waals surface area contributed by atoms with Crippen LogP contribution in [-0.2, 0) is 9.53 Å². The predicted octanol–water partition coefficient (Wildman–Crippen LogP) is 0.425. The molecule has 1 unspecified atom stereocenters. The fourth-order valence-corrected chi connectivity index (χ4v) is 0.721. The molecule has 3 heteroatoms. The van der Waals surface area contributed by atoms with Gasteiger partial charge in [0.1, 0.15) is 6.23 Å². The van der Waals surface area contributed by atoms with Crippen molar-refractivity contribution >= 4 is 5.91 Å². The molecule has 0 saturated carbocycles. The smallest absolute Gasteiger partial charge is 0.226 e. The summed E-state index contributed by atoms with van der Waals surface area (Å²) in [5.74, 6) is 0.0728. The molecule has 0 aromatic carbocycles. The first-order valence-corrected chi connectivity index (χ1v) is 3.35. The van der Waals surface area contributed by atoms with Gasteiger partial charge in [-0.1, -0.05) is 6.08 Å². The van der Waals surface area contributed by atoms with Crippen molar-refractivity contribution in [2.45, 2.75) is 19.1 Å². The fraction of sp³-hybridized carbons (Fsp3) is 0.571. The van der Waals surface area contributed by atoms with Crippen molar-refractivity contribution in [3.8, 4) is 0 Å². The second-order valence-electron chi connectivity index (χ2n) is 2.21. The van der Waals surface area contributed by atoms with Gasteiger partial charge >= 0.3 is 0 Å². The van der Waals surface area contributed by atoms with Gasteiger partial charge in [-0.05, 0) is 6.42 Å². The molecule has 1 aliphatic rings. The van der Waals surface area contributed by atoms with E-state index < -0.39 is 0 Å². The molecular formula is C7H11NO2. The van der Waals surface area contributed by atoms with Gasteiger partial charge in [-0.15, -0.1) is 6.58 Å². The maximum atomic E-state index is 10.3. The van der Waals surface area contributed by atoms with E-state index in [0.717, 1.165) is 6.42 Å². The van der Waals surface area contributed by atoms with Crippen LogP contribution < -0.4 is 5.32 Å². The van der Waals surface area contributed by atoms with Crippen LogP contribution in [0, 0.1) is 0 Å². The first kappa shape index (κ1) is 7.28. The van der Waals surface area contributed by atoms with Gasteiger partial charge in [0, 0.05) is 0 Å². The van der Waals surface area contributed by atoms with Crippen molar-refractivity contribution in [3.05, 3.63) is 12.7 Å². The van der Waals surface area contributed by atoms with Crippen LogP contribution >= 0.6 is 0 Å². The lowest BCUT2D eigenvalue weighted by molar-refractivity contribution is -0.140. The van der Waals surface area contributed by atoms with Crippen LogP contribution in [0.2, 0.25) is 0 Å². The second-order valence-corrected chi connectivity index (χ2v) is 2.21. The minimum atomic E-state index is -0.0348. The molecule has 0 aromatic heterocycles. The van der Waals surface area contributed by atoms with Crippen molar-refractivity contribution in [2.24, 2.45) is 0 Å². The lowest BCUT2D eigenvalue weighted by atomic mass is 10.2. The van der Waals surface area contributed by atoms with Crippen LogP contribution in [-0.4, -0.2) is 18.7 Å². The first-order valence-electron chi connectivity index (χ1n) is 3.35. The molecular weight excluding hydrogens is 130 g/mol. The van der Waals surface area contributed by atoms with E-state index in [9.17, 15) is 4.79 Å². The van der Waals surface area contributed by atoms with Gasteiger partial charge in [-0.3, -0.25) is 4.79 Å². The lowest BCUT2D eigenvalue weighted by Crippen LogP contribution is -2.50. The van der Waals surface area contributed by atoms with Crippen LogP contribution in [0.1, 0.15) is 12.8 Å². The number of nitrogens with one attached hydrogen (secondary N) is 1. The number of hydrogen-bond donors (Lipinski definition) is 1. The number of β-lactam (4-membered cyclic amide) rings is 1. The monoisotopic (exact) mass is 141 g/mol. The molecule has 1 N–H and O–H groups in total. The lowest BCUT2D eigenvalue weighted by Gasteiger charge is -2.26. The Labute approximate surface area is 60.1 Å². The zero-order chi connectivity index (χ0) is 7.40. The summed E-state index contributed by atoms with van der Waals surface area (Å²) in [6, 6.07) is 0. The summed E-state index contributed by atoms with van der Waals surface area (Å²) < 4.78 is 5.19. The Kier molecular flexibility index (Phi) is 2.45. The van der Waals surface area contributed by atoms with Crippen LogP contribution in [0.15, 0.2) is 12.7 Å². The molecule has 1 heterocycles. The first-order chi connectivity index (χ1) is 4.83. The number of hydrogen-bond acceptors (Lipinski definition) is 2. The highest BCUT2D eigenvalue weighted by atomic mass is 16.5. The number of amides is 1. The van der Waals surface area contributed by atoms with Crippen molar-refractivity contribution in [2.75, 3.05) is 6.61 Å². The maximum Gasteiger partial charge on any atom is 0.226 e. The minimum Gasteiger partial charge on any atom is -0.358 e. The van der Waals surface area contributed by atoms with Gasteiger partial charge in [0.05, 0.1) is 13.0 Å². The van der Waals surface area contributed by atoms with Gasteiger partial charge < -0.3 is 10.1 Å². The Bertz CT molecular complexity index is 137. The zero-order valence-corrected chi connectivity index (χ0v) is 5.80. The van der Waals surface area contributed by atoms with Crippen molar-refractivity contribution in [1.82, 2.24) is 5.32 Å². The molecule has 1 rings (SSSR count). The number of rotatable bonds is 4. The molecule has 10 heavy (non-hydrogen) atoms. The maximum absolute atomic E-state index is 10.3. The highest BCUT2D eigenvalue weighted by Gasteiger charge is 2.24. The molecule has 0 aromatic rings. The third kappa shape index (κ3) is 1.84. The largest absolute Gasteiger partial charge is 0.358 e. The van der Waals surface area contributed by atoms with Crippen LogP contribution in [0.25, 0.3) is 0 Å². The molecule has 0 radical (unpaired) electrons. The molecule has 1 amide bonds. The van der Waals surface area contributed by atoms with Crippen molar-refractivity contribution in [3.63, 3.8) is 0 Å². The summed E-state index contributed by atoms with van der Waals surface area (Å²) in [6.45, 7) is 4.20. The topological polar surface area (TPSA) is 38.3 Å². The normalized spacial score (nSPS) is 23.2. The van der Waals surface area contributed by atoms with Crippen molar-refractivity contribution < 1.29 is 9.53 Å². The van der Waals surface area contributed by atoms with Crippen LogP contribution in [0.4, 0.5) is 0 Å². The highest BCUT2D eigenvalue weighted by Crippen LogP contribution is 2.05. The predicted molar refractivity (Wildman–Crippen MR) is 37.3 cm³/mol. The summed E-state index contributed by atoms with van der Waals surface area (Å²) in [4.78, 5) is 10.3. The van der Waals surface area contributed by atoms with E-state index in [0.29, 0.717) is 13.0 Å². The summed E-state index contributed by atoms with van der Waals surface area (Å²) in [5, 5.41) is 2.61. The minimum absolute atomic E-state index is 0.0348. The highest BCUT2D eigenvalue weighted by molar-refractivity contribution is 5.82. The van der Waals surface area contributed by atoms with E-state index in [1.54, 1.807) is 6.08 Å². The molecule has 1 aliphatic heterocycles. The van der Waals surface area contributed by atoms with E-state index in [4.69, 9.17) is 4.74 Å². The number of carbonyl (C=O) groups excluding carboxylic acids is 1. The van der Waals surface area contributed by atoms with E-state index in [1.807, 2.05) is 0 Å². The van der Waals surface area contributed by atoms with E-state index in [1.165, 1.54) is 0 Å². The fourth-order valence-electron chi connectivity index (χ4n) is 0.721. The van der Waals surface area contributed by atoms with Crippen LogP contribution in [0.5, 0.6) is 0 Å². The number of carbonyl (C=O) groups is 1. The Morgan fingerprint density at radius 2 is 2.60 bits per heavy atom. The quantitative estimate of drug-likeness (QED) is 0.350. The van der Waals surface area contributed by atoms with E-state index in [-0.39, 0.29) is 12.1 Å². The molecule has 0 aliphatic carbocycles. The Morgan fingerprint density at radius 1 is 1.90 bits per heavy atom. The van der Waals surface area contributed by atoms with E-state index >= 15 is 0 Å². The third-order valence-corrected chi connectivity index (χ3v) is 1.33. The molecule has 0 bridgehead atoms. The molecule has 1 saturated heterocycles. The van der Waals surface area contributed by atoms with Crippen molar-refractivity contribution in [1.29, 1.82) is 0 Å². The average molecular weight is 141 g/mol. The number of ether oxygens (including phenoxy) is 1. The van der Waals surface area contributed by atoms with Gasteiger partial charge in [-0.2, -0.15) is 0 Å². The average Bonchev–Trinajstić information content (AvgIpc) is 1.85. The second kappa shape index (κ2) is 3.37. The summed E-state index contributed by atoms with van der Waals surface area (Å²) in [7, 11) is 0. The standard InChI is InChI=1S/C7H11NO2/c1-2-3-4-10-7-5-6(9)8-7/h2,7H,1,3-5H2,(H,8,9). The summed E-state index contributed by atoms with van der Waals surface area (Å²) >= 11 is 0. The van der Waals surface area contributed by atoms with Gasteiger partial charge in [-0.25, -0.2) is 0 Å². The molecule has 1 atom stereocenters. The molecule has 56 valence electrons. The third-order valence-electron chi connectivity index (χ3n) is 1.33. The van der Waals surface area contributed by atoms with E-state index in [2.05, 4.69) is 11.9 Å². The van der Waals surface area contributed by atoms with Gasteiger partial charge in [0.15, 0.2) is 0 Å².